The van der Waals surface area contributed by atoms with Crippen molar-refractivity contribution < 1.29 is 14.3 Å². The Bertz CT molecular complexity index is 1270. The quantitative estimate of drug-likeness (QED) is 0.249. The van der Waals surface area contributed by atoms with Gasteiger partial charge in [-0.3, -0.25) is 4.79 Å². The number of rotatable bonds is 7. The molecule has 172 valence electrons. The SMILES string of the molecule is CCOC(=O)c1ccc(NC(=O)/C(C#N)=C/c2ccc(Cc3cc(C)cc(C)c3)c(Cl)c2)cc1. The second-order valence-electron chi connectivity index (χ2n) is 7.95. The van der Waals surface area contributed by atoms with Crippen LogP contribution in [0.25, 0.3) is 6.08 Å². The minimum atomic E-state index is -0.554. The van der Waals surface area contributed by atoms with E-state index in [0.29, 0.717) is 28.3 Å². The molecule has 0 aromatic heterocycles. The van der Waals surface area contributed by atoms with E-state index in [1.54, 1.807) is 37.3 Å². The molecule has 3 aromatic carbocycles. The average molecular weight is 473 g/mol. The summed E-state index contributed by atoms with van der Waals surface area (Å²) in [6.45, 7) is 6.14. The van der Waals surface area contributed by atoms with Gasteiger partial charge in [0.15, 0.2) is 0 Å². The van der Waals surface area contributed by atoms with E-state index in [0.717, 1.165) is 5.56 Å². The number of aryl methyl sites for hydroxylation is 2. The Labute approximate surface area is 204 Å². The normalized spacial score (nSPS) is 11.0. The van der Waals surface area contributed by atoms with E-state index in [1.165, 1.54) is 22.8 Å². The number of nitrogens with zero attached hydrogens (tertiary/aromatic N) is 1. The van der Waals surface area contributed by atoms with E-state index in [1.807, 2.05) is 18.2 Å². The molecule has 6 heteroatoms. The number of ether oxygens (including phenoxy) is 1. The highest BCUT2D eigenvalue weighted by Gasteiger charge is 2.12. The van der Waals surface area contributed by atoms with Gasteiger partial charge in [0.25, 0.3) is 5.91 Å². The molecule has 0 spiro atoms. The lowest BCUT2D eigenvalue weighted by Gasteiger charge is -2.09. The van der Waals surface area contributed by atoms with Gasteiger partial charge in [-0.1, -0.05) is 53.1 Å². The first-order valence-corrected chi connectivity index (χ1v) is 11.2. The summed E-state index contributed by atoms with van der Waals surface area (Å²) in [6, 6.07) is 20.1. The van der Waals surface area contributed by atoms with Gasteiger partial charge in [0.1, 0.15) is 11.6 Å². The van der Waals surface area contributed by atoms with Crippen molar-refractivity contribution in [3.63, 3.8) is 0 Å². The standard InChI is InChI=1S/C28H25ClN2O3/c1-4-34-28(33)22-7-9-25(10-8-22)31-27(32)24(17-30)14-20-5-6-23(26(29)16-20)15-21-12-18(2)11-19(3)13-21/h5-14,16H,4,15H2,1-3H3,(H,31,32)/b24-14+. The number of nitrogens with one attached hydrogen (secondary N) is 1. The van der Waals surface area contributed by atoms with Crippen molar-refractivity contribution in [2.75, 3.05) is 11.9 Å². The summed E-state index contributed by atoms with van der Waals surface area (Å²) >= 11 is 6.51. The van der Waals surface area contributed by atoms with Crippen molar-refractivity contribution in [1.29, 1.82) is 5.26 Å². The maximum Gasteiger partial charge on any atom is 0.338 e. The number of anilines is 1. The Morgan fingerprint density at radius 3 is 2.29 bits per heavy atom. The molecule has 3 aromatic rings. The molecule has 1 amide bonds. The molecule has 0 aliphatic heterocycles. The minimum Gasteiger partial charge on any atom is -0.462 e. The Morgan fingerprint density at radius 1 is 1.03 bits per heavy atom. The van der Waals surface area contributed by atoms with Gasteiger partial charge in [0, 0.05) is 10.7 Å². The molecule has 34 heavy (non-hydrogen) atoms. The Hall–Kier alpha value is -3.88. The van der Waals surface area contributed by atoms with Crippen molar-refractivity contribution in [2.24, 2.45) is 0 Å². The Balaban J connectivity index is 1.73. The summed E-state index contributed by atoms with van der Waals surface area (Å²) in [5, 5.41) is 12.7. The fraction of sp³-hybridized carbons (Fsp3) is 0.179. The zero-order valence-corrected chi connectivity index (χ0v) is 20.1. The number of amides is 1. The van der Waals surface area contributed by atoms with Crippen LogP contribution in [0.3, 0.4) is 0 Å². The van der Waals surface area contributed by atoms with Gasteiger partial charge >= 0.3 is 5.97 Å². The van der Waals surface area contributed by atoms with Crippen molar-refractivity contribution in [3.05, 3.63) is 105 Å². The lowest BCUT2D eigenvalue weighted by atomic mass is 9.99. The first kappa shape index (κ1) is 24.8. The summed E-state index contributed by atoms with van der Waals surface area (Å²) in [4.78, 5) is 24.3. The third kappa shape index (κ3) is 6.57. The fourth-order valence-electron chi connectivity index (χ4n) is 3.61. The van der Waals surface area contributed by atoms with Gasteiger partial charge < -0.3 is 10.1 Å². The van der Waals surface area contributed by atoms with E-state index in [2.05, 4.69) is 37.4 Å². The largest absolute Gasteiger partial charge is 0.462 e. The predicted octanol–water partition coefficient (Wildman–Crippen LogP) is 6.27. The molecule has 0 fully saturated rings. The van der Waals surface area contributed by atoms with Crippen LogP contribution < -0.4 is 5.32 Å². The van der Waals surface area contributed by atoms with Crippen molar-refractivity contribution in [2.45, 2.75) is 27.2 Å². The zero-order chi connectivity index (χ0) is 24.7. The lowest BCUT2D eigenvalue weighted by Crippen LogP contribution is -2.13. The van der Waals surface area contributed by atoms with Crippen LogP contribution in [0.5, 0.6) is 0 Å². The lowest BCUT2D eigenvalue weighted by molar-refractivity contribution is -0.112. The monoisotopic (exact) mass is 472 g/mol. The molecule has 1 N–H and O–H groups in total. The predicted molar refractivity (Wildman–Crippen MR) is 135 cm³/mol. The summed E-state index contributed by atoms with van der Waals surface area (Å²) in [6.07, 6.45) is 2.19. The van der Waals surface area contributed by atoms with Crippen LogP contribution in [0.15, 0.2) is 66.2 Å². The average Bonchev–Trinajstić information content (AvgIpc) is 2.79. The molecule has 0 atom stereocenters. The molecule has 0 unspecified atom stereocenters. The molecule has 3 rings (SSSR count). The maximum absolute atomic E-state index is 12.6. The van der Waals surface area contributed by atoms with E-state index in [4.69, 9.17) is 16.3 Å². The number of hydrogen-bond donors (Lipinski definition) is 1. The van der Waals surface area contributed by atoms with Crippen molar-refractivity contribution in [1.82, 2.24) is 0 Å². The van der Waals surface area contributed by atoms with Gasteiger partial charge in [-0.2, -0.15) is 5.26 Å². The summed E-state index contributed by atoms with van der Waals surface area (Å²) < 4.78 is 4.94. The smallest absolute Gasteiger partial charge is 0.338 e. The molecule has 0 aliphatic carbocycles. The maximum atomic E-state index is 12.6. The molecule has 0 aliphatic rings. The fourth-order valence-corrected chi connectivity index (χ4v) is 3.86. The van der Waals surface area contributed by atoms with Crippen LogP contribution in [0.1, 0.15) is 45.1 Å². The third-order valence-corrected chi connectivity index (χ3v) is 5.44. The number of nitriles is 1. The topological polar surface area (TPSA) is 79.2 Å². The van der Waals surface area contributed by atoms with Crippen molar-refractivity contribution >= 4 is 35.2 Å². The molecular weight excluding hydrogens is 448 g/mol. The number of esters is 1. The highest BCUT2D eigenvalue weighted by Crippen LogP contribution is 2.24. The highest BCUT2D eigenvalue weighted by molar-refractivity contribution is 6.31. The van der Waals surface area contributed by atoms with Crippen LogP contribution >= 0.6 is 11.6 Å². The van der Waals surface area contributed by atoms with E-state index >= 15 is 0 Å². The zero-order valence-electron chi connectivity index (χ0n) is 19.3. The third-order valence-electron chi connectivity index (χ3n) is 5.08. The molecule has 0 saturated heterocycles. The summed E-state index contributed by atoms with van der Waals surface area (Å²) in [5.74, 6) is -0.988. The van der Waals surface area contributed by atoms with Gasteiger partial charge in [0.05, 0.1) is 12.2 Å². The van der Waals surface area contributed by atoms with Gasteiger partial charge in [0.2, 0.25) is 0 Å². The number of benzene rings is 3. The first-order valence-electron chi connectivity index (χ1n) is 10.8. The molecule has 0 bridgehead atoms. The summed E-state index contributed by atoms with van der Waals surface area (Å²) in [7, 11) is 0. The molecular formula is C28H25ClN2O3. The van der Waals surface area contributed by atoms with Crippen LogP contribution in [0.2, 0.25) is 5.02 Å². The second-order valence-corrected chi connectivity index (χ2v) is 8.35. The van der Waals surface area contributed by atoms with E-state index < -0.39 is 11.9 Å². The first-order chi connectivity index (χ1) is 16.3. The number of halogens is 1. The Morgan fingerprint density at radius 2 is 1.71 bits per heavy atom. The van der Waals surface area contributed by atoms with Crippen LogP contribution in [-0.2, 0) is 16.0 Å². The minimum absolute atomic E-state index is 0.0624. The van der Waals surface area contributed by atoms with E-state index in [9.17, 15) is 14.9 Å². The van der Waals surface area contributed by atoms with Gasteiger partial charge in [-0.05, 0) is 80.3 Å². The van der Waals surface area contributed by atoms with Gasteiger partial charge in [-0.25, -0.2) is 4.79 Å². The second kappa shape index (κ2) is 11.3. The molecule has 0 heterocycles. The summed E-state index contributed by atoms with van der Waals surface area (Å²) in [5.41, 5.74) is 5.97. The van der Waals surface area contributed by atoms with E-state index in [-0.39, 0.29) is 12.2 Å². The van der Waals surface area contributed by atoms with Crippen LogP contribution in [-0.4, -0.2) is 18.5 Å². The van der Waals surface area contributed by atoms with Crippen molar-refractivity contribution in [3.8, 4) is 6.07 Å². The number of carbonyl (C=O) groups excluding carboxylic acids is 2. The number of hydrogen-bond acceptors (Lipinski definition) is 4. The molecule has 5 nitrogen and oxygen atoms in total. The Kier molecular flexibility index (Phi) is 8.24. The number of carbonyl (C=O) groups is 2. The molecule has 0 radical (unpaired) electrons. The molecule has 0 saturated carbocycles. The van der Waals surface area contributed by atoms with Gasteiger partial charge in [-0.15, -0.1) is 0 Å². The van der Waals surface area contributed by atoms with Crippen LogP contribution in [0, 0.1) is 25.2 Å². The van der Waals surface area contributed by atoms with Crippen LogP contribution in [0.4, 0.5) is 5.69 Å². The highest BCUT2D eigenvalue weighted by atomic mass is 35.5.